The summed E-state index contributed by atoms with van der Waals surface area (Å²) in [7, 11) is 0. The van der Waals surface area contributed by atoms with Crippen molar-refractivity contribution >= 4 is 10.9 Å². The minimum atomic E-state index is -0.000665. The minimum absolute atomic E-state index is 0.000665. The van der Waals surface area contributed by atoms with E-state index in [9.17, 15) is 0 Å². The predicted octanol–water partition coefficient (Wildman–Crippen LogP) is 5.39. The molecule has 0 saturated heterocycles. The van der Waals surface area contributed by atoms with Gasteiger partial charge in [0, 0.05) is 22.6 Å². The summed E-state index contributed by atoms with van der Waals surface area (Å²) in [5.74, 6) is 0. The molecule has 124 valence electrons. The Morgan fingerprint density at radius 2 is 1.52 bits per heavy atom. The lowest BCUT2D eigenvalue weighted by molar-refractivity contribution is 0.722. The van der Waals surface area contributed by atoms with Crippen LogP contribution >= 0.6 is 0 Å². The van der Waals surface area contributed by atoms with Crippen LogP contribution in [0.1, 0.15) is 22.9 Å². The van der Waals surface area contributed by atoms with Gasteiger partial charge < -0.3 is 10.7 Å². The highest BCUT2D eigenvalue weighted by Crippen LogP contribution is 2.30. The highest BCUT2D eigenvalue weighted by atomic mass is 14.7. The van der Waals surface area contributed by atoms with Gasteiger partial charge in [-0.25, -0.2) is 0 Å². The van der Waals surface area contributed by atoms with Gasteiger partial charge in [-0.05, 0) is 47.7 Å². The first-order valence-corrected chi connectivity index (χ1v) is 8.69. The predicted molar refractivity (Wildman–Crippen MR) is 106 cm³/mol. The Bertz CT molecular complexity index is 985. The van der Waals surface area contributed by atoms with Crippen LogP contribution in [0.5, 0.6) is 0 Å². The smallest absolute Gasteiger partial charge is 0.0459 e. The van der Waals surface area contributed by atoms with E-state index in [1.807, 2.05) is 24.3 Å². The summed E-state index contributed by atoms with van der Waals surface area (Å²) in [5.41, 5.74) is 13.8. The number of aryl methyl sites for hydroxylation is 1. The summed E-state index contributed by atoms with van der Waals surface area (Å²) >= 11 is 0. The van der Waals surface area contributed by atoms with E-state index in [4.69, 9.17) is 5.73 Å². The van der Waals surface area contributed by atoms with Crippen LogP contribution in [0, 0.1) is 6.92 Å². The molecule has 2 heteroatoms. The van der Waals surface area contributed by atoms with Gasteiger partial charge in [0.05, 0.1) is 0 Å². The molecule has 4 rings (SSSR count). The maximum absolute atomic E-state index is 6.48. The van der Waals surface area contributed by atoms with Crippen molar-refractivity contribution in [2.45, 2.75) is 19.4 Å². The molecule has 4 aromatic rings. The van der Waals surface area contributed by atoms with Gasteiger partial charge in [0.1, 0.15) is 0 Å². The van der Waals surface area contributed by atoms with Gasteiger partial charge in [0.25, 0.3) is 0 Å². The van der Waals surface area contributed by atoms with E-state index in [0.29, 0.717) is 0 Å². The first kappa shape index (κ1) is 15.7. The summed E-state index contributed by atoms with van der Waals surface area (Å²) in [5, 5.41) is 1.27. The number of H-pyrrole nitrogens is 1. The second kappa shape index (κ2) is 6.58. The number of rotatable bonds is 4. The fourth-order valence-corrected chi connectivity index (χ4v) is 3.49. The van der Waals surface area contributed by atoms with Crippen LogP contribution in [0.25, 0.3) is 22.0 Å². The molecule has 0 fully saturated rings. The fraction of sp³-hybridized carbons (Fsp3) is 0.130. The van der Waals surface area contributed by atoms with Crippen LogP contribution in [-0.4, -0.2) is 4.98 Å². The third kappa shape index (κ3) is 3.09. The third-order valence-electron chi connectivity index (χ3n) is 4.88. The maximum atomic E-state index is 6.48. The van der Waals surface area contributed by atoms with Crippen molar-refractivity contribution in [3.05, 3.63) is 95.7 Å². The van der Waals surface area contributed by atoms with Crippen molar-refractivity contribution in [2.75, 3.05) is 0 Å². The van der Waals surface area contributed by atoms with E-state index in [0.717, 1.165) is 6.42 Å². The minimum Gasteiger partial charge on any atom is -0.358 e. The molecule has 0 aliphatic heterocycles. The maximum Gasteiger partial charge on any atom is 0.0459 e. The lowest BCUT2D eigenvalue weighted by Crippen LogP contribution is -2.13. The Morgan fingerprint density at radius 1 is 0.840 bits per heavy atom. The molecular formula is C23H22N2. The molecule has 0 aliphatic carbocycles. The normalized spacial score (nSPS) is 12.4. The van der Waals surface area contributed by atoms with Gasteiger partial charge in [-0.1, -0.05) is 66.7 Å². The van der Waals surface area contributed by atoms with E-state index < -0.39 is 0 Å². The zero-order valence-corrected chi connectivity index (χ0v) is 14.4. The summed E-state index contributed by atoms with van der Waals surface area (Å²) in [6.07, 6.45) is 0.827. The molecule has 0 spiro atoms. The monoisotopic (exact) mass is 326 g/mol. The quantitative estimate of drug-likeness (QED) is 0.519. The van der Waals surface area contributed by atoms with E-state index >= 15 is 0 Å². The Labute approximate surface area is 148 Å². The molecule has 0 saturated carbocycles. The van der Waals surface area contributed by atoms with E-state index in [-0.39, 0.29) is 6.04 Å². The molecule has 1 heterocycles. The average Bonchev–Trinajstić information content (AvgIpc) is 2.98. The van der Waals surface area contributed by atoms with Crippen LogP contribution in [0.3, 0.4) is 0 Å². The number of aromatic amines is 1. The Kier molecular flexibility index (Phi) is 4.12. The fourth-order valence-electron chi connectivity index (χ4n) is 3.49. The first-order valence-electron chi connectivity index (χ1n) is 8.69. The first-order chi connectivity index (χ1) is 12.2. The summed E-state index contributed by atoms with van der Waals surface area (Å²) in [6, 6.07) is 27.4. The summed E-state index contributed by atoms with van der Waals surface area (Å²) in [4.78, 5) is 3.51. The molecule has 1 atom stereocenters. The number of nitrogens with two attached hydrogens (primary N) is 1. The topological polar surface area (TPSA) is 41.8 Å². The molecule has 0 aliphatic rings. The van der Waals surface area contributed by atoms with Gasteiger partial charge >= 0.3 is 0 Å². The summed E-state index contributed by atoms with van der Waals surface area (Å²) in [6.45, 7) is 2.13. The molecule has 0 bridgehead atoms. The van der Waals surface area contributed by atoms with Gasteiger partial charge in [-0.15, -0.1) is 0 Å². The highest BCUT2D eigenvalue weighted by Gasteiger charge is 2.14. The van der Waals surface area contributed by atoms with Crippen molar-refractivity contribution in [1.29, 1.82) is 0 Å². The molecule has 3 aromatic carbocycles. The molecule has 1 unspecified atom stereocenters. The second-order valence-corrected chi connectivity index (χ2v) is 6.58. The van der Waals surface area contributed by atoms with Gasteiger partial charge in [0.15, 0.2) is 0 Å². The summed E-state index contributed by atoms with van der Waals surface area (Å²) < 4.78 is 0. The van der Waals surface area contributed by atoms with E-state index in [1.54, 1.807) is 0 Å². The standard InChI is InChI=1S/C23H22N2/c1-16-20(15-22(24)18-10-6-3-7-11-18)21-14-19(12-13-23(21)25-16)17-8-4-2-5-9-17/h2-14,22,25H,15,24H2,1H3. The molecule has 2 nitrogen and oxygen atoms in total. The second-order valence-electron chi connectivity index (χ2n) is 6.58. The van der Waals surface area contributed by atoms with Crippen molar-refractivity contribution < 1.29 is 0 Å². The van der Waals surface area contributed by atoms with Crippen LogP contribution in [0.15, 0.2) is 78.9 Å². The van der Waals surface area contributed by atoms with Crippen LogP contribution in [0.2, 0.25) is 0 Å². The highest BCUT2D eigenvalue weighted by molar-refractivity contribution is 5.89. The number of hydrogen-bond acceptors (Lipinski definition) is 1. The lowest BCUT2D eigenvalue weighted by atomic mass is 9.96. The number of fused-ring (bicyclic) bond motifs is 1. The van der Waals surface area contributed by atoms with Crippen LogP contribution < -0.4 is 5.73 Å². The van der Waals surface area contributed by atoms with E-state index in [1.165, 1.54) is 38.9 Å². The lowest BCUT2D eigenvalue weighted by Gasteiger charge is -2.12. The van der Waals surface area contributed by atoms with Gasteiger partial charge in [0.2, 0.25) is 0 Å². The zero-order valence-electron chi connectivity index (χ0n) is 14.4. The molecule has 0 amide bonds. The Hall–Kier alpha value is -2.84. The number of nitrogens with one attached hydrogen (secondary N) is 1. The molecular weight excluding hydrogens is 304 g/mol. The zero-order chi connectivity index (χ0) is 17.2. The van der Waals surface area contributed by atoms with Gasteiger partial charge in [-0.3, -0.25) is 0 Å². The van der Waals surface area contributed by atoms with Crippen LogP contribution in [-0.2, 0) is 6.42 Å². The average molecular weight is 326 g/mol. The molecule has 25 heavy (non-hydrogen) atoms. The SMILES string of the molecule is Cc1[nH]c2ccc(-c3ccccc3)cc2c1CC(N)c1ccccc1. The largest absolute Gasteiger partial charge is 0.358 e. The molecule has 3 N–H and O–H groups in total. The number of benzene rings is 3. The van der Waals surface area contributed by atoms with Crippen molar-refractivity contribution in [3.8, 4) is 11.1 Å². The van der Waals surface area contributed by atoms with Crippen molar-refractivity contribution in [3.63, 3.8) is 0 Å². The Morgan fingerprint density at radius 3 is 2.24 bits per heavy atom. The molecule has 0 radical (unpaired) electrons. The third-order valence-corrected chi connectivity index (χ3v) is 4.88. The molecule has 1 aromatic heterocycles. The van der Waals surface area contributed by atoms with Crippen molar-refractivity contribution in [2.24, 2.45) is 5.73 Å². The Balaban J connectivity index is 1.74. The van der Waals surface area contributed by atoms with Crippen molar-refractivity contribution in [1.82, 2.24) is 4.98 Å². The number of aromatic nitrogens is 1. The van der Waals surface area contributed by atoms with Crippen LogP contribution in [0.4, 0.5) is 0 Å². The van der Waals surface area contributed by atoms with E-state index in [2.05, 4.69) is 66.5 Å². The number of hydrogen-bond donors (Lipinski definition) is 2. The van der Waals surface area contributed by atoms with Gasteiger partial charge in [-0.2, -0.15) is 0 Å².